The average Bonchev–Trinajstić information content (AvgIpc) is 3.14. The molecule has 11 atom stereocenters. The smallest absolute Gasteiger partial charge is 0.303 e. The fourth-order valence-corrected chi connectivity index (χ4v) is 9.48. The molecular weight excluding hydrogens is 428 g/mol. The van der Waals surface area contributed by atoms with Gasteiger partial charge < -0.3 is 20.1 Å². The van der Waals surface area contributed by atoms with Crippen LogP contribution in [0.2, 0.25) is 0 Å². The summed E-state index contributed by atoms with van der Waals surface area (Å²) in [5.74, 6) is 1.65. The highest BCUT2D eigenvalue weighted by molar-refractivity contribution is 5.66. The Morgan fingerprint density at radius 2 is 1.82 bits per heavy atom. The number of ether oxygens (including phenoxy) is 1. The standard InChI is InChI=1S/C29H50O5/c1-5-6-7-14-34-25-17-23-27(24(31)16-19-15-20(30)12-13-28(19,23)3)22-10-9-21(29(22,25)4)18(2)8-11-26(32)33/h18-25,27,30-31H,5-17H2,1-4H3,(H,32,33)/t18-,19+,20-,21-,22+,23+,24-,25+,27+,28+,29-/m1/s1. The topological polar surface area (TPSA) is 87.0 Å². The quantitative estimate of drug-likeness (QED) is 0.372. The lowest BCUT2D eigenvalue weighted by Crippen LogP contribution is -2.62. The maximum absolute atomic E-state index is 11.5. The first-order valence-corrected chi connectivity index (χ1v) is 14.3. The molecule has 0 spiro atoms. The lowest BCUT2D eigenvalue weighted by molar-refractivity contribution is -0.217. The molecule has 196 valence electrons. The van der Waals surface area contributed by atoms with Crippen molar-refractivity contribution in [3.63, 3.8) is 0 Å². The van der Waals surface area contributed by atoms with Crippen molar-refractivity contribution < 1.29 is 24.9 Å². The van der Waals surface area contributed by atoms with Gasteiger partial charge in [-0.15, -0.1) is 0 Å². The molecule has 4 aliphatic carbocycles. The molecule has 0 aliphatic heterocycles. The summed E-state index contributed by atoms with van der Waals surface area (Å²) in [6.07, 6.45) is 10.9. The number of aliphatic hydroxyl groups excluding tert-OH is 2. The first kappa shape index (κ1) is 26.4. The normalized spacial score (nSPS) is 46.9. The molecule has 5 nitrogen and oxygen atoms in total. The number of rotatable bonds is 9. The van der Waals surface area contributed by atoms with Crippen LogP contribution in [-0.2, 0) is 9.53 Å². The number of carboxylic acids is 1. The second-order valence-electron chi connectivity index (χ2n) is 13.0. The zero-order chi connectivity index (χ0) is 24.7. The van der Waals surface area contributed by atoms with Gasteiger partial charge in [0.25, 0.3) is 0 Å². The molecule has 4 aliphatic rings. The molecule has 0 unspecified atom stereocenters. The minimum absolute atomic E-state index is 0.0103. The number of aliphatic carboxylic acids is 1. The van der Waals surface area contributed by atoms with Crippen LogP contribution in [0.5, 0.6) is 0 Å². The largest absolute Gasteiger partial charge is 0.481 e. The molecule has 4 saturated carbocycles. The lowest BCUT2D eigenvalue weighted by Gasteiger charge is -2.64. The molecule has 34 heavy (non-hydrogen) atoms. The van der Waals surface area contributed by atoms with Gasteiger partial charge in [-0.2, -0.15) is 0 Å². The van der Waals surface area contributed by atoms with Gasteiger partial charge in [0, 0.05) is 18.4 Å². The van der Waals surface area contributed by atoms with E-state index in [-0.39, 0.29) is 35.6 Å². The van der Waals surface area contributed by atoms with Gasteiger partial charge in [-0.3, -0.25) is 4.79 Å². The maximum atomic E-state index is 11.5. The van der Waals surface area contributed by atoms with Gasteiger partial charge in [-0.05, 0) is 98.7 Å². The van der Waals surface area contributed by atoms with Crippen LogP contribution in [-0.4, -0.2) is 46.2 Å². The Hall–Kier alpha value is -0.650. The Kier molecular flexibility index (Phi) is 8.06. The van der Waals surface area contributed by atoms with Crippen LogP contribution in [0.25, 0.3) is 0 Å². The van der Waals surface area contributed by atoms with Crippen LogP contribution in [0.3, 0.4) is 0 Å². The van der Waals surface area contributed by atoms with E-state index in [9.17, 15) is 20.1 Å². The first-order valence-electron chi connectivity index (χ1n) is 14.3. The Morgan fingerprint density at radius 1 is 1.06 bits per heavy atom. The van der Waals surface area contributed by atoms with Crippen molar-refractivity contribution in [2.75, 3.05) is 6.61 Å². The van der Waals surface area contributed by atoms with Gasteiger partial charge in [-0.1, -0.05) is 40.5 Å². The third kappa shape index (κ3) is 4.59. The molecule has 0 aromatic carbocycles. The SMILES string of the molecule is CCCCCO[C@H]1C[C@H]2[C@@H]([C@H](O)C[C@@H]3C[C@H](O)CC[C@@]32C)[C@@H]2CC[C@H]([C@H](C)CCC(=O)O)[C@@]12C. The number of carboxylic acid groups (broad SMARTS) is 1. The van der Waals surface area contributed by atoms with Crippen LogP contribution in [0.15, 0.2) is 0 Å². The molecule has 5 heteroatoms. The minimum atomic E-state index is -0.705. The molecule has 0 aromatic rings. The van der Waals surface area contributed by atoms with Crippen LogP contribution in [0, 0.1) is 46.3 Å². The number of fused-ring (bicyclic) bond motifs is 5. The third-order valence-corrected chi connectivity index (χ3v) is 11.4. The van der Waals surface area contributed by atoms with Crippen LogP contribution in [0.1, 0.15) is 105 Å². The van der Waals surface area contributed by atoms with E-state index >= 15 is 0 Å². The number of carbonyl (C=O) groups is 1. The van der Waals surface area contributed by atoms with Crippen LogP contribution >= 0.6 is 0 Å². The summed E-state index contributed by atoms with van der Waals surface area (Å²) in [5, 5.41) is 31.2. The van der Waals surface area contributed by atoms with Gasteiger partial charge in [0.2, 0.25) is 0 Å². The van der Waals surface area contributed by atoms with E-state index in [1.54, 1.807) is 0 Å². The highest BCUT2D eigenvalue weighted by atomic mass is 16.5. The van der Waals surface area contributed by atoms with Crippen molar-refractivity contribution in [3.8, 4) is 0 Å². The number of aliphatic hydroxyl groups is 2. The zero-order valence-electron chi connectivity index (χ0n) is 22.0. The molecule has 0 amide bonds. The van der Waals surface area contributed by atoms with Gasteiger partial charge in [-0.25, -0.2) is 0 Å². The lowest BCUT2D eigenvalue weighted by atomic mass is 9.43. The summed E-state index contributed by atoms with van der Waals surface area (Å²) in [6.45, 7) is 10.2. The van der Waals surface area contributed by atoms with E-state index < -0.39 is 5.97 Å². The molecular formula is C29H50O5. The second kappa shape index (κ2) is 10.4. The number of hydrogen-bond donors (Lipinski definition) is 3. The summed E-state index contributed by atoms with van der Waals surface area (Å²) >= 11 is 0. The predicted molar refractivity (Wildman–Crippen MR) is 133 cm³/mol. The summed E-state index contributed by atoms with van der Waals surface area (Å²) in [5.41, 5.74) is 0.159. The Labute approximate surface area is 207 Å². The van der Waals surface area contributed by atoms with E-state index in [1.165, 1.54) is 12.8 Å². The van der Waals surface area contributed by atoms with Crippen LogP contribution < -0.4 is 0 Å². The monoisotopic (exact) mass is 478 g/mol. The molecule has 0 aromatic heterocycles. The van der Waals surface area contributed by atoms with Gasteiger partial charge >= 0.3 is 5.97 Å². The van der Waals surface area contributed by atoms with E-state index in [2.05, 4.69) is 27.7 Å². The van der Waals surface area contributed by atoms with E-state index in [4.69, 9.17) is 4.74 Å². The second-order valence-corrected chi connectivity index (χ2v) is 13.0. The fourth-order valence-electron chi connectivity index (χ4n) is 9.48. The highest BCUT2D eigenvalue weighted by Gasteiger charge is 2.66. The molecule has 0 heterocycles. The molecule has 4 rings (SSSR count). The molecule has 0 bridgehead atoms. The molecule has 4 fully saturated rings. The van der Waals surface area contributed by atoms with E-state index in [0.717, 1.165) is 64.4 Å². The van der Waals surface area contributed by atoms with Gasteiger partial charge in [0.1, 0.15) is 0 Å². The van der Waals surface area contributed by atoms with Crippen molar-refractivity contribution in [1.29, 1.82) is 0 Å². The van der Waals surface area contributed by atoms with Crippen molar-refractivity contribution in [3.05, 3.63) is 0 Å². The average molecular weight is 479 g/mol. The number of unbranched alkanes of at least 4 members (excludes halogenated alkanes) is 2. The van der Waals surface area contributed by atoms with Gasteiger partial charge in [0.15, 0.2) is 0 Å². The fraction of sp³-hybridized carbons (Fsp3) is 0.966. The Bertz CT molecular complexity index is 711. The number of hydrogen-bond acceptors (Lipinski definition) is 4. The van der Waals surface area contributed by atoms with E-state index in [0.29, 0.717) is 35.5 Å². The summed E-state index contributed by atoms with van der Waals surface area (Å²) in [7, 11) is 0. The van der Waals surface area contributed by atoms with E-state index in [1.807, 2.05) is 0 Å². The molecule has 0 saturated heterocycles. The molecule has 3 N–H and O–H groups in total. The Morgan fingerprint density at radius 3 is 2.53 bits per heavy atom. The van der Waals surface area contributed by atoms with Crippen molar-refractivity contribution in [2.45, 2.75) is 123 Å². The van der Waals surface area contributed by atoms with Crippen LogP contribution in [0.4, 0.5) is 0 Å². The first-order chi connectivity index (χ1) is 16.1. The summed E-state index contributed by atoms with van der Waals surface area (Å²) in [4.78, 5) is 11.3. The summed E-state index contributed by atoms with van der Waals surface area (Å²) < 4.78 is 6.79. The van der Waals surface area contributed by atoms with Crippen molar-refractivity contribution in [1.82, 2.24) is 0 Å². The van der Waals surface area contributed by atoms with Gasteiger partial charge in [0.05, 0.1) is 18.3 Å². The van der Waals surface area contributed by atoms with Crippen molar-refractivity contribution in [2.24, 2.45) is 46.3 Å². The maximum Gasteiger partial charge on any atom is 0.303 e. The summed E-state index contributed by atoms with van der Waals surface area (Å²) in [6, 6.07) is 0. The Balaban J connectivity index is 1.63. The zero-order valence-corrected chi connectivity index (χ0v) is 22.0. The minimum Gasteiger partial charge on any atom is -0.481 e. The highest BCUT2D eigenvalue weighted by Crippen LogP contribution is 2.69. The van der Waals surface area contributed by atoms with Crippen molar-refractivity contribution >= 4 is 5.97 Å². The molecule has 0 radical (unpaired) electrons. The third-order valence-electron chi connectivity index (χ3n) is 11.4. The predicted octanol–water partition coefficient (Wildman–Crippen LogP) is 5.66.